The van der Waals surface area contributed by atoms with E-state index in [2.05, 4.69) is 17.6 Å². The molecule has 1 amide bonds. The van der Waals surface area contributed by atoms with Crippen LogP contribution in [-0.2, 0) is 0 Å². The molecule has 0 saturated heterocycles. The quantitative estimate of drug-likeness (QED) is 0.748. The Balaban J connectivity index is 1.98. The van der Waals surface area contributed by atoms with Crippen LogP contribution >= 0.6 is 0 Å². The van der Waals surface area contributed by atoms with Gasteiger partial charge in [-0.15, -0.1) is 0 Å². The molecule has 0 radical (unpaired) electrons. The molecule has 0 aliphatic heterocycles. The van der Waals surface area contributed by atoms with E-state index in [0.717, 1.165) is 44.3 Å². The van der Waals surface area contributed by atoms with Crippen LogP contribution in [0.1, 0.15) is 49.4 Å². The molecule has 1 aliphatic carbocycles. The number of aliphatic hydroxyl groups is 1. The molecule has 20 heavy (non-hydrogen) atoms. The van der Waals surface area contributed by atoms with Crippen LogP contribution in [0.5, 0.6) is 0 Å². The summed E-state index contributed by atoms with van der Waals surface area (Å²) in [6, 6.07) is 7.50. The number of rotatable bonds is 6. The van der Waals surface area contributed by atoms with E-state index >= 15 is 0 Å². The molecule has 1 saturated carbocycles. The second-order valence-corrected chi connectivity index (χ2v) is 5.59. The van der Waals surface area contributed by atoms with E-state index in [1.807, 2.05) is 24.3 Å². The zero-order chi connectivity index (χ0) is 14.4. The van der Waals surface area contributed by atoms with Gasteiger partial charge in [0.05, 0.1) is 11.2 Å². The largest absolute Gasteiger partial charge is 0.388 e. The molecule has 0 unspecified atom stereocenters. The summed E-state index contributed by atoms with van der Waals surface area (Å²) in [5.74, 6) is -0.121. The molecule has 4 nitrogen and oxygen atoms in total. The molecule has 0 bridgehead atoms. The lowest BCUT2D eigenvalue weighted by Crippen LogP contribution is -2.40. The minimum atomic E-state index is -0.707. The van der Waals surface area contributed by atoms with Gasteiger partial charge in [-0.25, -0.2) is 0 Å². The smallest absolute Gasteiger partial charge is 0.253 e. The highest BCUT2D eigenvalue weighted by Gasteiger charge is 2.31. The molecule has 2 rings (SSSR count). The minimum absolute atomic E-state index is 0.121. The fraction of sp³-hybridized carbons (Fsp3) is 0.562. The second kappa shape index (κ2) is 6.75. The summed E-state index contributed by atoms with van der Waals surface area (Å²) in [4.78, 5) is 12.3. The van der Waals surface area contributed by atoms with Gasteiger partial charge in [-0.3, -0.25) is 4.79 Å². The average Bonchev–Trinajstić information content (AvgIpc) is 2.90. The highest BCUT2D eigenvalue weighted by Crippen LogP contribution is 2.28. The van der Waals surface area contributed by atoms with Crippen molar-refractivity contribution in [2.75, 3.05) is 18.4 Å². The maximum atomic E-state index is 12.3. The first-order chi connectivity index (χ1) is 9.64. The summed E-state index contributed by atoms with van der Waals surface area (Å²) < 4.78 is 0. The standard InChI is InChI=1S/C16H24N2O2/c1-2-11-17-14-8-4-3-7-13(14)15(19)18-12-16(20)9-5-6-10-16/h3-4,7-8,17,20H,2,5-6,9-12H2,1H3,(H,18,19). The Morgan fingerprint density at radius 1 is 1.30 bits per heavy atom. The fourth-order valence-electron chi connectivity index (χ4n) is 2.64. The van der Waals surface area contributed by atoms with Gasteiger partial charge in [-0.05, 0) is 31.4 Å². The molecule has 4 heteroatoms. The molecule has 0 aromatic heterocycles. The molecule has 110 valence electrons. The number of carbonyl (C=O) groups excluding carboxylic acids is 1. The van der Waals surface area contributed by atoms with Crippen LogP contribution in [0.25, 0.3) is 0 Å². The Hall–Kier alpha value is -1.55. The molecule has 1 aliphatic rings. The topological polar surface area (TPSA) is 61.4 Å². The van der Waals surface area contributed by atoms with Crippen LogP contribution < -0.4 is 10.6 Å². The van der Waals surface area contributed by atoms with Crippen molar-refractivity contribution < 1.29 is 9.90 Å². The number of nitrogens with one attached hydrogen (secondary N) is 2. The van der Waals surface area contributed by atoms with E-state index in [4.69, 9.17) is 0 Å². The number of hydrogen-bond donors (Lipinski definition) is 3. The van der Waals surface area contributed by atoms with Crippen molar-refractivity contribution in [3.63, 3.8) is 0 Å². The van der Waals surface area contributed by atoms with Crippen LogP contribution in [-0.4, -0.2) is 29.7 Å². The zero-order valence-electron chi connectivity index (χ0n) is 12.1. The number of para-hydroxylation sites is 1. The van der Waals surface area contributed by atoms with Gasteiger partial charge in [-0.2, -0.15) is 0 Å². The monoisotopic (exact) mass is 276 g/mol. The van der Waals surface area contributed by atoms with Gasteiger partial charge in [0.1, 0.15) is 0 Å². The van der Waals surface area contributed by atoms with Crippen LogP contribution in [0.15, 0.2) is 24.3 Å². The lowest BCUT2D eigenvalue weighted by molar-refractivity contribution is 0.0450. The average molecular weight is 276 g/mol. The third-order valence-corrected chi connectivity index (χ3v) is 3.85. The van der Waals surface area contributed by atoms with E-state index in [0.29, 0.717) is 12.1 Å². The second-order valence-electron chi connectivity index (χ2n) is 5.59. The molecule has 1 aromatic rings. The fourth-order valence-corrected chi connectivity index (χ4v) is 2.64. The molecule has 0 atom stereocenters. The van der Waals surface area contributed by atoms with Crippen molar-refractivity contribution in [1.29, 1.82) is 0 Å². The molecular weight excluding hydrogens is 252 g/mol. The predicted molar refractivity (Wildman–Crippen MR) is 81.0 cm³/mol. The third-order valence-electron chi connectivity index (χ3n) is 3.85. The number of amides is 1. The predicted octanol–water partition coefficient (Wildman–Crippen LogP) is 2.54. The van der Waals surface area contributed by atoms with Crippen molar-refractivity contribution in [3.05, 3.63) is 29.8 Å². The summed E-state index contributed by atoms with van der Waals surface area (Å²) in [5, 5.41) is 16.4. The van der Waals surface area contributed by atoms with E-state index in [1.165, 1.54) is 0 Å². The summed E-state index contributed by atoms with van der Waals surface area (Å²) >= 11 is 0. The summed E-state index contributed by atoms with van der Waals surface area (Å²) in [5.41, 5.74) is 0.786. The summed E-state index contributed by atoms with van der Waals surface area (Å²) in [6.07, 6.45) is 4.66. The van der Waals surface area contributed by atoms with E-state index in [-0.39, 0.29) is 5.91 Å². The number of benzene rings is 1. The van der Waals surface area contributed by atoms with Gasteiger partial charge < -0.3 is 15.7 Å². The lowest BCUT2D eigenvalue weighted by atomic mass is 10.0. The van der Waals surface area contributed by atoms with Crippen molar-refractivity contribution in [1.82, 2.24) is 5.32 Å². The Kier molecular flexibility index (Phi) is 5.01. The Labute approximate surface area is 120 Å². The summed E-state index contributed by atoms with van der Waals surface area (Å²) in [6.45, 7) is 3.27. The summed E-state index contributed by atoms with van der Waals surface area (Å²) in [7, 11) is 0. The number of anilines is 1. The normalized spacial score (nSPS) is 16.9. The van der Waals surface area contributed by atoms with Gasteiger partial charge in [0.25, 0.3) is 5.91 Å². The number of carbonyl (C=O) groups is 1. The molecule has 3 N–H and O–H groups in total. The van der Waals surface area contributed by atoms with Crippen LogP contribution in [0, 0.1) is 0 Å². The maximum Gasteiger partial charge on any atom is 0.253 e. The molecule has 1 aromatic carbocycles. The van der Waals surface area contributed by atoms with E-state index in [1.54, 1.807) is 0 Å². The van der Waals surface area contributed by atoms with Gasteiger partial charge in [0, 0.05) is 18.8 Å². The van der Waals surface area contributed by atoms with Crippen LogP contribution in [0.4, 0.5) is 5.69 Å². The Morgan fingerprint density at radius 3 is 2.70 bits per heavy atom. The van der Waals surface area contributed by atoms with E-state index < -0.39 is 5.60 Å². The van der Waals surface area contributed by atoms with Gasteiger partial charge in [0.2, 0.25) is 0 Å². The number of hydrogen-bond acceptors (Lipinski definition) is 3. The van der Waals surface area contributed by atoms with Crippen molar-refractivity contribution >= 4 is 11.6 Å². The first kappa shape index (κ1) is 14.9. The molecule has 0 spiro atoms. The van der Waals surface area contributed by atoms with Crippen LogP contribution in [0.3, 0.4) is 0 Å². The molecular formula is C16H24N2O2. The van der Waals surface area contributed by atoms with Crippen LogP contribution in [0.2, 0.25) is 0 Å². The first-order valence-electron chi connectivity index (χ1n) is 7.48. The highest BCUT2D eigenvalue weighted by molar-refractivity contribution is 5.99. The van der Waals surface area contributed by atoms with Gasteiger partial charge >= 0.3 is 0 Å². The van der Waals surface area contributed by atoms with Crippen molar-refractivity contribution in [2.45, 2.75) is 44.6 Å². The molecule has 0 heterocycles. The SMILES string of the molecule is CCCNc1ccccc1C(=O)NCC1(O)CCCC1. The van der Waals surface area contributed by atoms with Gasteiger partial charge in [-0.1, -0.05) is 31.9 Å². The van der Waals surface area contributed by atoms with E-state index in [9.17, 15) is 9.90 Å². The van der Waals surface area contributed by atoms with Crippen molar-refractivity contribution in [3.8, 4) is 0 Å². The minimum Gasteiger partial charge on any atom is -0.388 e. The molecule has 1 fully saturated rings. The Bertz CT molecular complexity index is 454. The lowest BCUT2D eigenvalue weighted by Gasteiger charge is -2.22. The maximum absolute atomic E-state index is 12.3. The van der Waals surface area contributed by atoms with Gasteiger partial charge in [0.15, 0.2) is 0 Å². The highest BCUT2D eigenvalue weighted by atomic mass is 16.3. The first-order valence-corrected chi connectivity index (χ1v) is 7.48. The Morgan fingerprint density at radius 2 is 2.00 bits per heavy atom. The third kappa shape index (κ3) is 3.73. The van der Waals surface area contributed by atoms with Crippen molar-refractivity contribution in [2.24, 2.45) is 0 Å². The zero-order valence-corrected chi connectivity index (χ0v) is 12.1.